The van der Waals surface area contributed by atoms with Crippen LogP contribution in [0.1, 0.15) is 49.7 Å². The number of para-hydroxylation sites is 1. The number of amides is 4. The Morgan fingerprint density at radius 3 is 2.69 bits per heavy atom. The molecule has 1 saturated heterocycles. The van der Waals surface area contributed by atoms with Gasteiger partial charge >= 0.3 is 6.03 Å². The fourth-order valence-corrected chi connectivity index (χ4v) is 5.68. The topological polar surface area (TPSA) is 104 Å². The lowest BCUT2D eigenvalue weighted by Gasteiger charge is -2.36. The van der Waals surface area contributed by atoms with Crippen LogP contribution in [0.25, 0.3) is 10.9 Å². The summed E-state index contributed by atoms with van der Waals surface area (Å²) in [5, 5.41) is 6.96. The lowest BCUT2D eigenvalue weighted by atomic mass is 9.73. The van der Waals surface area contributed by atoms with Gasteiger partial charge in [0.25, 0.3) is 5.91 Å². The van der Waals surface area contributed by atoms with Gasteiger partial charge in [-0.05, 0) is 48.1 Å². The van der Waals surface area contributed by atoms with Crippen LogP contribution >= 0.6 is 0 Å². The van der Waals surface area contributed by atoms with E-state index in [9.17, 15) is 14.4 Å². The second-order valence-corrected chi connectivity index (χ2v) is 9.86. The Morgan fingerprint density at radius 1 is 1.17 bits per heavy atom. The van der Waals surface area contributed by atoms with Crippen molar-refractivity contribution in [3.05, 3.63) is 65.9 Å². The van der Waals surface area contributed by atoms with Gasteiger partial charge in [0.1, 0.15) is 17.8 Å². The van der Waals surface area contributed by atoms with Crippen molar-refractivity contribution >= 4 is 28.7 Å². The fourth-order valence-electron chi connectivity index (χ4n) is 5.68. The molecule has 1 spiro atoms. The largest absolute Gasteiger partial charge is 0.497 e. The molecule has 8 nitrogen and oxygen atoms in total. The van der Waals surface area contributed by atoms with Gasteiger partial charge in [-0.2, -0.15) is 0 Å². The normalized spacial score (nSPS) is 22.6. The van der Waals surface area contributed by atoms with E-state index in [1.165, 1.54) is 0 Å². The number of benzene rings is 2. The second-order valence-electron chi connectivity index (χ2n) is 9.86. The molecule has 188 valence electrons. The van der Waals surface area contributed by atoms with Crippen molar-refractivity contribution in [1.29, 1.82) is 0 Å². The summed E-state index contributed by atoms with van der Waals surface area (Å²) < 4.78 is 5.31. The van der Waals surface area contributed by atoms with Gasteiger partial charge in [0.15, 0.2) is 0 Å². The zero-order chi connectivity index (χ0) is 25.3. The Bertz CT molecular complexity index is 1280. The highest BCUT2D eigenvalue weighted by atomic mass is 16.5. The number of urea groups is 1. The molecule has 4 amide bonds. The molecule has 0 bridgehead atoms. The smallest absolute Gasteiger partial charge is 0.325 e. The number of imide groups is 1. The van der Waals surface area contributed by atoms with Gasteiger partial charge in [-0.3, -0.25) is 14.5 Å². The van der Waals surface area contributed by atoms with Gasteiger partial charge in [-0.25, -0.2) is 4.79 Å². The number of carbonyl (C=O) groups is 3. The molecule has 3 aromatic rings. The van der Waals surface area contributed by atoms with Crippen LogP contribution in [0.5, 0.6) is 5.75 Å². The number of nitrogens with one attached hydrogen (secondary N) is 3. The highest BCUT2D eigenvalue weighted by Gasteiger charge is 2.55. The summed E-state index contributed by atoms with van der Waals surface area (Å²) in [6.07, 6.45) is 5.42. The number of methoxy groups -OCH3 is 1. The third-order valence-electron chi connectivity index (χ3n) is 7.82. The molecule has 2 heterocycles. The number of fused-ring (bicyclic) bond motifs is 1. The number of hydrogen-bond donors (Lipinski definition) is 3. The quantitative estimate of drug-likeness (QED) is 0.439. The second kappa shape index (κ2) is 9.68. The predicted molar refractivity (Wildman–Crippen MR) is 137 cm³/mol. The summed E-state index contributed by atoms with van der Waals surface area (Å²) in [6, 6.07) is 15.3. The highest BCUT2D eigenvalue weighted by molar-refractivity contribution is 6.09. The number of H-pyrrole nitrogens is 1. The minimum absolute atomic E-state index is 0.0529. The van der Waals surface area contributed by atoms with Crippen molar-refractivity contribution in [2.45, 2.75) is 44.1 Å². The SMILES string of the molecule is COc1ccc([C@H](CNC(=O)CN2C(=O)N[C@]3(CCCC[C@H]3C)C2=O)c2c[nH]c3ccccc23)cc1. The molecular weight excluding hydrogens is 456 g/mol. The van der Waals surface area contributed by atoms with Crippen molar-refractivity contribution in [1.82, 2.24) is 20.5 Å². The van der Waals surface area contributed by atoms with Crippen LogP contribution in [0.3, 0.4) is 0 Å². The number of ether oxygens (including phenoxy) is 1. The third-order valence-corrected chi connectivity index (χ3v) is 7.82. The average molecular weight is 489 g/mol. The molecule has 1 aliphatic heterocycles. The van der Waals surface area contributed by atoms with Gasteiger partial charge in [-0.15, -0.1) is 0 Å². The molecule has 3 atom stereocenters. The molecule has 2 aromatic carbocycles. The van der Waals surface area contributed by atoms with E-state index in [1.54, 1.807) is 7.11 Å². The summed E-state index contributed by atoms with van der Waals surface area (Å²) >= 11 is 0. The molecule has 5 rings (SSSR count). The van der Waals surface area contributed by atoms with Crippen molar-refractivity contribution in [2.75, 3.05) is 20.2 Å². The number of aromatic amines is 1. The summed E-state index contributed by atoms with van der Waals surface area (Å²) in [7, 11) is 1.63. The third kappa shape index (κ3) is 4.21. The van der Waals surface area contributed by atoms with E-state index in [0.717, 1.165) is 51.9 Å². The Labute approximate surface area is 210 Å². The van der Waals surface area contributed by atoms with Crippen LogP contribution in [-0.2, 0) is 9.59 Å². The molecule has 1 saturated carbocycles. The average Bonchev–Trinajstić information content (AvgIpc) is 3.42. The summed E-state index contributed by atoms with van der Waals surface area (Å²) in [6.45, 7) is 2.03. The van der Waals surface area contributed by atoms with Gasteiger partial charge < -0.3 is 20.4 Å². The number of nitrogens with zero attached hydrogens (tertiary/aromatic N) is 1. The van der Waals surface area contributed by atoms with Crippen molar-refractivity contribution < 1.29 is 19.1 Å². The molecule has 1 aliphatic carbocycles. The van der Waals surface area contributed by atoms with Crippen LogP contribution in [0, 0.1) is 5.92 Å². The maximum absolute atomic E-state index is 13.2. The molecular formula is C28H32N4O4. The molecule has 2 fully saturated rings. The Hall–Kier alpha value is -3.81. The minimum atomic E-state index is -0.870. The zero-order valence-electron chi connectivity index (χ0n) is 20.7. The first kappa shape index (κ1) is 23.9. The lowest BCUT2D eigenvalue weighted by molar-refractivity contribution is -0.137. The van der Waals surface area contributed by atoms with E-state index in [1.807, 2.05) is 55.6 Å². The van der Waals surface area contributed by atoms with E-state index >= 15 is 0 Å². The van der Waals surface area contributed by atoms with Crippen LogP contribution in [0.2, 0.25) is 0 Å². The molecule has 3 N–H and O–H groups in total. The molecule has 8 heteroatoms. The summed E-state index contributed by atoms with van der Waals surface area (Å²) in [4.78, 5) is 43.3. The maximum atomic E-state index is 13.2. The van der Waals surface area contributed by atoms with Crippen molar-refractivity contribution in [3.8, 4) is 5.75 Å². The van der Waals surface area contributed by atoms with Crippen molar-refractivity contribution in [3.63, 3.8) is 0 Å². The number of rotatable bonds is 7. The van der Waals surface area contributed by atoms with Gasteiger partial charge in [-0.1, -0.05) is 50.1 Å². The van der Waals surface area contributed by atoms with Gasteiger partial charge in [0.05, 0.1) is 7.11 Å². The Kier molecular flexibility index (Phi) is 6.43. The van der Waals surface area contributed by atoms with Crippen LogP contribution in [-0.4, -0.2) is 53.5 Å². The maximum Gasteiger partial charge on any atom is 0.325 e. The van der Waals surface area contributed by atoms with E-state index in [0.29, 0.717) is 13.0 Å². The van der Waals surface area contributed by atoms with Crippen LogP contribution in [0.15, 0.2) is 54.7 Å². The molecule has 0 unspecified atom stereocenters. The van der Waals surface area contributed by atoms with Gasteiger partial charge in [0, 0.05) is 29.6 Å². The predicted octanol–water partition coefficient (Wildman–Crippen LogP) is 3.93. The fraction of sp³-hybridized carbons (Fsp3) is 0.393. The van der Waals surface area contributed by atoms with E-state index < -0.39 is 11.6 Å². The number of carbonyl (C=O) groups excluding carboxylic acids is 3. The number of hydrogen-bond acceptors (Lipinski definition) is 4. The van der Waals surface area contributed by atoms with E-state index in [4.69, 9.17) is 4.74 Å². The molecule has 2 aliphatic rings. The number of aromatic nitrogens is 1. The summed E-state index contributed by atoms with van der Waals surface area (Å²) in [5.41, 5.74) is 2.22. The Balaban J connectivity index is 1.33. The summed E-state index contributed by atoms with van der Waals surface area (Å²) in [5.74, 6) is 0.0290. The standard InChI is InChI=1S/C28H32N4O4/c1-18-7-5-6-14-28(18)26(34)32(27(35)31-28)17-25(33)30-15-22(19-10-12-20(36-2)13-11-19)23-16-29-24-9-4-3-8-21(23)24/h3-4,8-13,16,18,22,29H,5-7,14-15,17H2,1-2H3,(H,30,33)(H,31,35)/t18-,22+,28+/m1/s1. The molecule has 0 radical (unpaired) electrons. The van der Waals surface area contributed by atoms with Crippen molar-refractivity contribution in [2.24, 2.45) is 5.92 Å². The van der Waals surface area contributed by atoms with Crippen LogP contribution < -0.4 is 15.4 Å². The first-order valence-corrected chi connectivity index (χ1v) is 12.5. The van der Waals surface area contributed by atoms with Gasteiger partial charge in [0.2, 0.25) is 5.91 Å². The monoisotopic (exact) mass is 488 g/mol. The first-order valence-electron chi connectivity index (χ1n) is 12.5. The molecule has 1 aromatic heterocycles. The highest BCUT2D eigenvalue weighted by Crippen LogP contribution is 2.38. The van der Waals surface area contributed by atoms with E-state index in [-0.39, 0.29) is 30.2 Å². The first-order chi connectivity index (χ1) is 17.4. The Morgan fingerprint density at radius 2 is 1.94 bits per heavy atom. The minimum Gasteiger partial charge on any atom is -0.497 e. The van der Waals surface area contributed by atoms with Crippen LogP contribution in [0.4, 0.5) is 4.79 Å². The zero-order valence-corrected chi connectivity index (χ0v) is 20.7. The lowest BCUT2D eigenvalue weighted by Crippen LogP contribution is -2.54. The molecule has 36 heavy (non-hydrogen) atoms. The van der Waals surface area contributed by atoms with E-state index in [2.05, 4.69) is 21.7 Å².